The van der Waals surface area contributed by atoms with E-state index in [0.29, 0.717) is 0 Å². The molecule has 0 fully saturated rings. The van der Waals surface area contributed by atoms with Crippen LogP contribution in [0.25, 0.3) is 32.4 Å². The summed E-state index contributed by atoms with van der Waals surface area (Å²) in [6, 6.07) is 16.9. The number of carbonyl (C=O) groups is 1. The minimum Gasteiger partial charge on any atom is -0.512 e. The third kappa shape index (κ3) is 5.26. The Bertz CT molecular complexity index is 1500. The summed E-state index contributed by atoms with van der Waals surface area (Å²) < 4.78 is 0. The molecule has 0 spiro atoms. The van der Waals surface area contributed by atoms with E-state index in [1.165, 1.54) is 43.8 Å². The topological polar surface area (TPSA) is 50.2 Å². The Morgan fingerprint density at radius 2 is 1.61 bits per heavy atom. The number of rotatable bonds is 7. The number of allylic oxidation sites excluding steroid dienone is 2. The third-order valence-corrected chi connectivity index (χ3v) is 11.8. The number of aryl methyl sites for hydroxylation is 1. The van der Waals surface area contributed by atoms with Crippen molar-refractivity contribution in [1.82, 2.24) is 4.98 Å². The van der Waals surface area contributed by atoms with E-state index in [1.54, 1.807) is 5.19 Å². The van der Waals surface area contributed by atoms with Gasteiger partial charge in [-0.15, -0.1) is 29.1 Å². The van der Waals surface area contributed by atoms with Crippen molar-refractivity contribution in [3.8, 4) is 0 Å². The van der Waals surface area contributed by atoms with Crippen LogP contribution in [0.2, 0.25) is 13.1 Å². The summed E-state index contributed by atoms with van der Waals surface area (Å²) in [5.74, 6) is 0.547. The van der Waals surface area contributed by atoms with E-state index < -0.39 is 8.07 Å². The molecule has 0 aliphatic carbocycles. The normalized spacial score (nSPS) is 13.9. The van der Waals surface area contributed by atoms with E-state index in [0.717, 1.165) is 31.2 Å². The zero-order valence-electron chi connectivity index (χ0n) is 23.7. The SMILES string of the molecule is CCC(CC)C(=O)/C=C(\O)C(CC)CC.Cc1c[c-]c2c(c1)c1cccc3c1c1c(ccnc21)[Si]3(C)C.[Ir]. The Morgan fingerprint density at radius 1 is 0.974 bits per heavy atom. The number of aliphatic hydroxyl groups excluding tert-OH is 1. The summed E-state index contributed by atoms with van der Waals surface area (Å²) in [5.41, 5.74) is 2.39. The Kier molecular flexibility index (Phi) is 9.73. The molecule has 5 heteroatoms. The van der Waals surface area contributed by atoms with Crippen LogP contribution in [0.4, 0.5) is 0 Å². The molecule has 1 radical (unpaired) electrons. The number of hydrogen-bond acceptors (Lipinski definition) is 3. The molecule has 1 aliphatic rings. The van der Waals surface area contributed by atoms with Crippen LogP contribution < -0.4 is 10.4 Å². The van der Waals surface area contributed by atoms with Gasteiger partial charge in [0.1, 0.15) is 8.07 Å². The van der Waals surface area contributed by atoms with Crippen LogP contribution in [-0.2, 0) is 24.9 Å². The van der Waals surface area contributed by atoms with Crippen molar-refractivity contribution < 1.29 is 30.0 Å². The van der Waals surface area contributed by atoms with E-state index in [-0.39, 0.29) is 43.5 Å². The molecule has 0 unspecified atom stereocenters. The fourth-order valence-electron chi connectivity index (χ4n) is 5.93. The first-order chi connectivity index (χ1) is 17.7. The van der Waals surface area contributed by atoms with Crippen molar-refractivity contribution in [2.45, 2.75) is 73.4 Å². The largest absolute Gasteiger partial charge is 0.512 e. The zero-order chi connectivity index (χ0) is 26.9. The van der Waals surface area contributed by atoms with Crippen LogP contribution in [0.3, 0.4) is 0 Å². The molecule has 0 saturated heterocycles. The molecule has 1 aliphatic heterocycles. The van der Waals surface area contributed by atoms with Gasteiger partial charge in [-0.05, 0) is 53.2 Å². The molecule has 3 aromatic carbocycles. The summed E-state index contributed by atoms with van der Waals surface area (Å²) in [7, 11) is -1.61. The van der Waals surface area contributed by atoms with E-state index in [4.69, 9.17) is 4.98 Å². The molecule has 0 bridgehead atoms. The maximum atomic E-state index is 11.7. The fourth-order valence-corrected chi connectivity index (χ4v) is 8.98. The predicted octanol–water partition coefficient (Wildman–Crippen LogP) is 7.65. The fraction of sp³-hybridized carbons (Fsp3) is 0.394. The molecule has 0 amide bonds. The van der Waals surface area contributed by atoms with Crippen LogP contribution in [-0.4, -0.2) is 23.9 Å². The van der Waals surface area contributed by atoms with Crippen molar-refractivity contribution in [3.05, 3.63) is 66.1 Å². The molecule has 4 aromatic rings. The van der Waals surface area contributed by atoms with Crippen LogP contribution in [0.15, 0.2) is 54.4 Å². The minimum absolute atomic E-state index is 0. The summed E-state index contributed by atoms with van der Waals surface area (Å²) in [6.45, 7) is 15.1. The smallest absolute Gasteiger partial charge is 0.162 e. The van der Waals surface area contributed by atoms with Gasteiger partial charge >= 0.3 is 0 Å². The molecule has 38 heavy (non-hydrogen) atoms. The summed E-state index contributed by atoms with van der Waals surface area (Å²) >= 11 is 0. The molecule has 2 heterocycles. The van der Waals surface area contributed by atoms with Crippen LogP contribution in [0, 0.1) is 24.8 Å². The number of aliphatic hydroxyl groups is 1. The van der Waals surface area contributed by atoms with Crippen LogP contribution in [0.1, 0.15) is 58.9 Å². The second kappa shape index (κ2) is 12.2. The van der Waals surface area contributed by atoms with E-state index in [9.17, 15) is 9.90 Å². The van der Waals surface area contributed by atoms with Gasteiger partial charge in [-0.3, -0.25) is 4.79 Å². The molecule has 1 aromatic heterocycles. The standard InChI is InChI=1S/C20H16NSi.C13H24O2.Ir/c1-12-7-8-14-15(11-12)13-5-4-6-16-18(13)19-17(22(16,2)3)9-10-21-20(14)19;1-5-10(6-2)12(14)9-13(15)11(7-3)8-4;/h4-7,9-11H,1-3H3;9-11,14H,5-8H2,1-4H3;/q-1;;/b;12-9-;. The second-order valence-corrected chi connectivity index (χ2v) is 15.2. The Labute approximate surface area is 242 Å². The summed E-state index contributed by atoms with van der Waals surface area (Å²) in [6.07, 6.45) is 6.89. The number of pyridine rings is 1. The number of aromatic nitrogens is 1. The first kappa shape index (κ1) is 30.2. The number of benzene rings is 3. The van der Waals surface area contributed by atoms with Crippen molar-refractivity contribution >= 4 is 56.7 Å². The molecular weight excluding hydrogens is 663 g/mol. The maximum absolute atomic E-state index is 11.7. The Hall–Kier alpha value is -2.33. The molecule has 0 atom stereocenters. The van der Waals surface area contributed by atoms with E-state index >= 15 is 0 Å². The molecule has 5 rings (SSSR count). The van der Waals surface area contributed by atoms with Crippen LogP contribution in [0.5, 0.6) is 0 Å². The average Bonchev–Trinajstić information content (AvgIpc) is 3.13. The first-order valence-electron chi connectivity index (χ1n) is 13.8. The van der Waals surface area contributed by atoms with Gasteiger partial charge in [0.25, 0.3) is 0 Å². The van der Waals surface area contributed by atoms with E-state index in [1.807, 2.05) is 33.9 Å². The van der Waals surface area contributed by atoms with Crippen LogP contribution >= 0.6 is 0 Å². The molecule has 203 valence electrons. The molecular formula is C33H40IrNO2Si-. The van der Waals surface area contributed by atoms with Gasteiger partial charge < -0.3 is 10.1 Å². The quantitative estimate of drug-likeness (QED) is 0.0708. The van der Waals surface area contributed by atoms with Crippen molar-refractivity contribution in [3.63, 3.8) is 0 Å². The van der Waals surface area contributed by atoms with Gasteiger partial charge in [0.05, 0.1) is 5.76 Å². The number of ketones is 1. The van der Waals surface area contributed by atoms with Gasteiger partial charge in [-0.1, -0.05) is 81.9 Å². The molecule has 3 nitrogen and oxygen atoms in total. The number of hydrogen-bond donors (Lipinski definition) is 1. The summed E-state index contributed by atoms with van der Waals surface area (Å²) in [4.78, 5) is 16.5. The Morgan fingerprint density at radius 3 is 2.24 bits per heavy atom. The first-order valence-corrected chi connectivity index (χ1v) is 16.8. The number of nitrogens with zero attached hydrogens (tertiary/aromatic N) is 1. The molecule has 0 saturated carbocycles. The van der Waals surface area contributed by atoms with Gasteiger partial charge in [0, 0.05) is 44.2 Å². The van der Waals surface area contributed by atoms with E-state index in [2.05, 4.69) is 62.5 Å². The number of fused-ring (bicyclic) bond motifs is 3. The average molecular weight is 703 g/mol. The number of carbonyl (C=O) groups excluding carboxylic acids is 1. The molecule has 1 N–H and O–H groups in total. The maximum Gasteiger partial charge on any atom is 0.162 e. The van der Waals surface area contributed by atoms with Gasteiger partial charge in [-0.25, -0.2) is 0 Å². The van der Waals surface area contributed by atoms with Gasteiger partial charge in [0.15, 0.2) is 5.78 Å². The third-order valence-electron chi connectivity index (χ3n) is 8.31. The Balaban J connectivity index is 0.000000223. The second-order valence-electron chi connectivity index (χ2n) is 10.9. The van der Waals surface area contributed by atoms with Crippen molar-refractivity contribution in [1.29, 1.82) is 0 Å². The van der Waals surface area contributed by atoms with Crippen molar-refractivity contribution in [2.24, 2.45) is 11.8 Å². The van der Waals surface area contributed by atoms with Gasteiger partial charge in [0.2, 0.25) is 0 Å². The monoisotopic (exact) mass is 703 g/mol. The predicted molar refractivity (Wildman–Crippen MR) is 161 cm³/mol. The van der Waals surface area contributed by atoms with Gasteiger partial charge in [-0.2, -0.15) is 0 Å². The van der Waals surface area contributed by atoms with Crippen molar-refractivity contribution in [2.75, 3.05) is 0 Å². The minimum atomic E-state index is -1.61. The zero-order valence-corrected chi connectivity index (χ0v) is 27.1. The summed E-state index contributed by atoms with van der Waals surface area (Å²) in [5, 5.41) is 19.5.